The molecule has 0 unspecified atom stereocenters. The van der Waals surface area contributed by atoms with Gasteiger partial charge in [-0.25, -0.2) is 4.68 Å². The Labute approximate surface area is 102 Å². The molecule has 0 radical (unpaired) electrons. The second-order valence-corrected chi connectivity index (χ2v) is 4.24. The van der Waals surface area contributed by atoms with Crippen LogP contribution in [0.5, 0.6) is 0 Å². The third-order valence-corrected chi connectivity index (χ3v) is 3.03. The molecule has 2 aromatic heterocycles. The molecule has 17 heavy (non-hydrogen) atoms. The second-order valence-electron chi connectivity index (χ2n) is 3.24. The normalized spacial score (nSPS) is 9.71. The molecule has 0 amide bonds. The number of aliphatic hydroxyl groups is 1. The zero-order chi connectivity index (χ0) is 12.1. The summed E-state index contributed by atoms with van der Waals surface area (Å²) in [5.41, 5.74) is 0.698. The molecule has 0 saturated carbocycles. The van der Waals surface area contributed by atoms with Crippen LogP contribution in [0.25, 0.3) is 0 Å². The molecule has 4 nitrogen and oxygen atoms in total. The number of hydrogen-bond acceptors (Lipinski definition) is 4. The van der Waals surface area contributed by atoms with E-state index in [1.165, 1.54) is 22.1 Å². The maximum absolute atomic E-state index is 11.5. The lowest BCUT2D eigenvalue weighted by Gasteiger charge is -2.01. The van der Waals surface area contributed by atoms with Gasteiger partial charge in [0.15, 0.2) is 0 Å². The first-order chi connectivity index (χ1) is 8.31. The van der Waals surface area contributed by atoms with Crippen LogP contribution in [0.2, 0.25) is 0 Å². The lowest BCUT2D eigenvalue weighted by molar-refractivity contribution is 0.350. The molecule has 0 bridgehead atoms. The van der Waals surface area contributed by atoms with Gasteiger partial charge < -0.3 is 5.11 Å². The molecule has 0 fully saturated rings. The fourth-order valence-corrected chi connectivity index (χ4v) is 2.16. The van der Waals surface area contributed by atoms with Crippen LogP contribution in [-0.4, -0.2) is 21.5 Å². The summed E-state index contributed by atoms with van der Waals surface area (Å²) >= 11 is 1.52. The highest BCUT2D eigenvalue weighted by Crippen LogP contribution is 2.16. The molecular formula is C12H10N2O2S. The maximum Gasteiger partial charge on any atom is 0.267 e. The number of aliphatic hydroxyl groups excluding tert-OH is 1. The first kappa shape index (κ1) is 11.6. The smallest absolute Gasteiger partial charge is 0.267 e. The average molecular weight is 246 g/mol. The molecule has 2 heterocycles. The summed E-state index contributed by atoms with van der Waals surface area (Å²) in [5, 5.41) is 14.5. The zero-order valence-corrected chi connectivity index (χ0v) is 9.78. The van der Waals surface area contributed by atoms with E-state index in [4.69, 9.17) is 5.11 Å². The molecule has 0 aliphatic rings. The molecular weight excluding hydrogens is 236 g/mol. The highest BCUT2D eigenvalue weighted by atomic mass is 32.1. The summed E-state index contributed by atoms with van der Waals surface area (Å²) in [6.45, 7) is 0.242. The summed E-state index contributed by atoms with van der Waals surface area (Å²) in [5.74, 6) is 5.45. The molecule has 0 saturated heterocycles. The molecule has 5 heteroatoms. The standard InChI is InChI=1S/C12H10N2O2S/c15-7-2-3-10-5-8-17-11(10)9-14-12(16)4-1-6-13-14/h1,4-6,8,15H,7,9H2. The van der Waals surface area contributed by atoms with Gasteiger partial charge in [0, 0.05) is 22.7 Å². The third kappa shape index (κ3) is 2.81. The van der Waals surface area contributed by atoms with Gasteiger partial charge in [0.05, 0.1) is 6.54 Å². The molecule has 0 aliphatic carbocycles. The summed E-state index contributed by atoms with van der Waals surface area (Å²) in [6, 6.07) is 4.95. The first-order valence-electron chi connectivity index (χ1n) is 4.99. The van der Waals surface area contributed by atoms with E-state index in [9.17, 15) is 4.79 Å². The van der Waals surface area contributed by atoms with E-state index in [2.05, 4.69) is 16.9 Å². The van der Waals surface area contributed by atoms with Crippen molar-refractivity contribution in [2.24, 2.45) is 0 Å². The Balaban J connectivity index is 2.28. The summed E-state index contributed by atoms with van der Waals surface area (Å²) in [6.07, 6.45) is 1.58. The molecule has 86 valence electrons. The van der Waals surface area contributed by atoms with Crippen molar-refractivity contribution in [1.29, 1.82) is 0 Å². The summed E-state index contributed by atoms with van der Waals surface area (Å²) in [7, 11) is 0. The number of rotatable bonds is 2. The summed E-state index contributed by atoms with van der Waals surface area (Å²) < 4.78 is 1.38. The average Bonchev–Trinajstić information content (AvgIpc) is 2.77. The van der Waals surface area contributed by atoms with Crippen molar-refractivity contribution in [2.45, 2.75) is 6.54 Å². The fraction of sp³-hybridized carbons (Fsp3) is 0.167. The predicted octanol–water partition coefficient (Wildman–Crippen LogP) is 0.697. The Bertz CT molecular complexity index is 619. The topological polar surface area (TPSA) is 55.1 Å². The van der Waals surface area contributed by atoms with E-state index in [1.54, 1.807) is 12.3 Å². The van der Waals surface area contributed by atoms with Crippen LogP contribution in [0.3, 0.4) is 0 Å². The van der Waals surface area contributed by atoms with Crippen molar-refractivity contribution < 1.29 is 5.11 Å². The molecule has 0 spiro atoms. The van der Waals surface area contributed by atoms with Gasteiger partial charge in [-0.1, -0.05) is 11.8 Å². The van der Waals surface area contributed by atoms with E-state index in [0.29, 0.717) is 6.54 Å². The van der Waals surface area contributed by atoms with Crippen LogP contribution >= 0.6 is 11.3 Å². The second kappa shape index (κ2) is 5.43. The molecule has 2 rings (SSSR count). The highest BCUT2D eigenvalue weighted by molar-refractivity contribution is 7.10. The minimum Gasteiger partial charge on any atom is -0.384 e. The molecule has 0 atom stereocenters. The first-order valence-corrected chi connectivity index (χ1v) is 5.87. The Morgan fingerprint density at radius 3 is 3.12 bits per heavy atom. The van der Waals surface area contributed by atoms with Gasteiger partial charge in [-0.05, 0) is 17.5 Å². The number of hydrogen-bond donors (Lipinski definition) is 1. The van der Waals surface area contributed by atoms with Crippen molar-refractivity contribution in [3.8, 4) is 11.8 Å². The van der Waals surface area contributed by atoms with Crippen LogP contribution in [0.15, 0.2) is 34.6 Å². The van der Waals surface area contributed by atoms with Crippen LogP contribution in [0.4, 0.5) is 0 Å². The Hall–Kier alpha value is -1.90. The monoisotopic (exact) mass is 246 g/mol. The van der Waals surface area contributed by atoms with Gasteiger partial charge in [-0.2, -0.15) is 5.10 Å². The van der Waals surface area contributed by atoms with Crippen LogP contribution in [0, 0.1) is 11.8 Å². The Morgan fingerprint density at radius 2 is 2.35 bits per heavy atom. The predicted molar refractivity (Wildman–Crippen MR) is 65.9 cm³/mol. The van der Waals surface area contributed by atoms with Gasteiger partial charge in [0.1, 0.15) is 6.61 Å². The largest absolute Gasteiger partial charge is 0.384 e. The lowest BCUT2D eigenvalue weighted by Crippen LogP contribution is -2.21. The molecule has 2 aromatic rings. The van der Waals surface area contributed by atoms with E-state index < -0.39 is 0 Å². The SMILES string of the molecule is O=c1cccnn1Cc1sccc1C#CCO. The van der Waals surface area contributed by atoms with E-state index in [-0.39, 0.29) is 12.2 Å². The fourth-order valence-electron chi connectivity index (χ4n) is 1.35. The molecule has 0 aromatic carbocycles. The van der Waals surface area contributed by atoms with Crippen molar-refractivity contribution >= 4 is 11.3 Å². The zero-order valence-electron chi connectivity index (χ0n) is 8.96. The van der Waals surface area contributed by atoms with Crippen molar-refractivity contribution in [3.05, 3.63) is 50.6 Å². The van der Waals surface area contributed by atoms with Crippen LogP contribution < -0.4 is 5.56 Å². The quantitative estimate of drug-likeness (QED) is 0.793. The molecule has 1 N–H and O–H groups in total. The Kier molecular flexibility index (Phi) is 3.70. The van der Waals surface area contributed by atoms with Crippen molar-refractivity contribution in [2.75, 3.05) is 6.61 Å². The molecule has 0 aliphatic heterocycles. The van der Waals surface area contributed by atoms with Crippen LogP contribution in [-0.2, 0) is 6.54 Å². The van der Waals surface area contributed by atoms with Gasteiger partial charge in [0.25, 0.3) is 5.56 Å². The number of thiophene rings is 1. The minimum absolute atomic E-state index is 0.137. The van der Waals surface area contributed by atoms with Gasteiger partial charge in [0.2, 0.25) is 0 Å². The van der Waals surface area contributed by atoms with Gasteiger partial charge in [-0.15, -0.1) is 11.3 Å². The number of nitrogens with zero attached hydrogens (tertiary/aromatic N) is 2. The Morgan fingerprint density at radius 1 is 1.47 bits per heavy atom. The van der Waals surface area contributed by atoms with E-state index in [1.807, 2.05) is 11.4 Å². The lowest BCUT2D eigenvalue weighted by atomic mass is 10.2. The van der Waals surface area contributed by atoms with Gasteiger partial charge in [-0.3, -0.25) is 4.79 Å². The number of aromatic nitrogens is 2. The van der Waals surface area contributed by atoms with Gasteiger partial charge >= 0.3 is 0 Å². The summed E-state index contributed by atoms with van der Waals surface area (Å²) in [4.78, 5) is 12.5. The van der Waals surface area contributed by atoms with Crippen molar-refractivity contribution in [3.63, 3.8) is 0 Å². The minimum atomic E-state index is -0.168. The van der Waals surface area contributed by atoms with E-state index >= 15 is 0 Å². The van der Waals surface area contributed by atoms with Crippen LogP contribution in [0.1, 0.15) is 10.4 Å². The highest BCUT2D eigenvalue weighted by Gasteiger charge is 2.04. The van der Waals surface area contributed by atoms with Crippen molar-refractivity contribution in [1.82, 2.24) is 9.78 Å². The maximum atomic E-state index is 11.5. The van der Waals surface area contributed by atoms with E-state index in [0.717, 1.165) is 10.4 Å². The third-order valence-electron chi connectivity index (χ3n) is 2.13.